The lowest BCUT2D eigenvalue weighted by Crippen LogP contribution is -2.04. The highest BCUT2D eigenvalue weighted by molar-refractivity contribution is 5.89. The predicted octanol–water partition coefficient (Wildman–Crippen LogP) is 3.07. The lowest BCUT2D eigenvalue weighted by atomic mass is 10.1. The highest BCUT2D eigenvalue weighted by Gasteiger charge is 2.28. The summed E-state index contributed by atoms with van der Waals surface area (Å²) < 4.78 is 6.66. The summed E-state index contributed by atoms with van der Waals surface area (Å²) in [4.78, 5) is 11.6. The van der Waals surface area contributed by atoms with Gasteiger partial charge >= 0.3 is 5.97 Å². The van der Waals surface area contributed by atoms with Crippen LogP contribution in [0.5, 0.6) is 0 Å². The van der Waals surface area contributed by atoms with E-state index in [1.54, 1.807) is 6.07 Å². The van der Waals surface area contributed by atoms with Crippen molar-refractivity contribution in [3.8, 4) is 11.4 Å². The average Bonchev–Trinajstić information content (AvgIpc) is 3.43. The summed E-state index contributed by atoms with van der Waals surface area (Å²) in [5.41, 5.74) is 3.55. The van der Waals surface area contributed by atoms with Crippen LogP contribution in [0.3, 0.4) is 0 Å². The van der Waals surface area contributed by atoms with Gasteiger partial charge in [0.25, 0.3) is 0 Å². The van der Waals surface area contributed by atoms with Crippen LogP contribution < -0.4 is 5.32 Å². The van der Waals surface area contributed by atoms with E-state index >= 15 is 0 Å². The highest BCUT2D eigenvalue weighted by Crippen LogP contribution is 2.36. The molecular formula is C19H19N5O2. The van der Waals surface area contributed by atoms with Gasteiger partial charge in [0, 0.05) is 17.8 Å². The van der Waals surface area contributed by atoms with E-state index in [9.17, 15) is 4.79 Å². The largest absolute Gasteiger partial charge is 0.465 e. The third kappa shape index (κ3) is 3.42. The molecule has 0 bridgehead atoms. The van der Waals surface area contributed by atoms with Crippen LogP contribution in [-0.2, 0) is 11.3 Å². The molecule has 3 aromatic rings. The maximum absolute atomic E-state index is 11.6. The van der Waals surface area contributed by atoms with Crippen molar-refractivity contribution in [2.24, 2.45) is 0 Å². The first kappa shape index (κ1) is 16.3. The van der Waals surface area contributed by atoms with Crippen LogP contribution in [0.15, 0.2) is 48.5 Å². The Bertz CT molecular complexity index is 916. The fourth-order valence-corrected chi connectivity index (χ4v) is 2.82. The van der Waals surface area contributed by atoms with E-state index in [0.29, 0.717) is 18.2 Å². The summed E-state index contributed by atoms with van der Waals surface area (Å²) in [7, 11) is 1.38. The van der Waals surface area contributed by atoms with Crippen molar-refractivity contribution in [1.82, 2.24) is 20.2 Å². The third-order valence-electron chi connectivity index (χ3n) is 4.37. The van der Waals surface area contributed by atoms with Gasteiger partial charge in [0.15, 0.2) is 5.82 Å². The van der Waals surface area contributed by atoms with Crippen molar-refractivity contribution in [3.63, 3.8) is 0 Å². The minimum atomic E-state index is -0.329. The summed E-state index contributed by atoms with van der Waals surface area (Å²) in [5, 5.41) is 15.4. The van der Waals surface area contributed by atoms with Crippen molar-refractivity contribution in [3.05, 3.63) is 59.7 Å². The van der Waals surface area contributed by atoms with Gasteiger partial charge < -0.3 is 10.1 Å². The van der Waals surface area contributed by atoms with Crippen molar-refractivity contribution >= 4 is 11.7 Å². The second kappa shape index (κ2) is 6.95. The molecule has 0 radical (unpaired) electrons. The zero-order valence-electron chi connectivity index (χ0n) is 14.4. The van der Waals surface area contributed by atoms with Gasteiger partial charge in [-0.05, 0) is 65.2 Å². The van der Waals surface area contributed by atoms with Gasteiger partial charge in [-0.15, -0.1) is 5.10 Å². The van der Waals surface area contributed by atoms with Gasteiger partial charge in [-0.1, -0.05) is 12.1 Å². The summed E-state index contributed by atoms with van der Waals surface area (Å²) >= 11 is 0. The minimum Gasteiger partial charge on any atom is -0.465 e. The molecule has 1 aromatic heterocycles. The first-order valence-electron chi connectivity index (χ1n) is 8.54. The molecule has 0 aliphatic heterocycles. The van der Waals surface area contributed by atoms with Gasteiger partial charge in [0.1, 0.15) is 0 Å². The number of benzene rings is 2. The Balaban J connectivity index is 1.43. The van der Waals surface area contributed by atoms with Crippen molar-refractivity contribution in [1.29, 1.82) is 0 Å². The number of hydrogen-bond donors (Lipinski definition) is 1. The lowest BCUT2D eigenvalue weighted by molar-refractivity contribution is 0.0600. The number of carbonyl (C=O) groups excluding carboxylic acids is 1. The van der Waals surface area contributed by atoms with Crippen LogP contribution in [-0.4, -0.2) is 33.3 Å². The number of carbonyl (C=O) groups is 1. The Labute approximate surface area is 151 Å². The highest BCUT2D eigenvalue weighted by atomic mass is 16.5. The molecule has 1 aliphatic carbocycles. The molecule has 0 atom stereocenters. The fourth-order valence-electron chi connectivity index (χ4n) is 2.82. The van der Waals surface area contributed by atoms with Gasteiger partial charge in [-0.25, -0.2) is 9.48 Å². The summed E-state index contributed by atoms with van der Waals surface area (Å²) in [6, 6.07) is 15.9. The Morgan fingerprint density at radius 2 is 2.04 bits per heavy atom. The molecule has 2 aromatic carbocycles. The fraction of sp³-hybridized carbons (Fsp3) is 0.263. The Morgan fingerprint density at radius 3 is 2.77 bits per heavy atom. The second-order valence-corrected chi connectivity index (χ2v) is 6.30. The van der Waals surface area contributed by atoms with E-state index < -0.39 is 0 Å². The SMILES string of the molecule is COC(=O)c1cccc(CNc2ccc(-c3nnnn3C3CC3)cc2)c1. The van der Waals surface area contributed by atoms with Crippen LogP contribution in [0.25, 0.3) is 11.4 Å². The number of nitrogens with one attached hydrogen (secondary N) is 1. The van der Waals surface area contributed by atoms with Crippen LogP contribution in [0.2, 0.25) is 0 Å². The van der Waals surface area contributed by atoms with Gasteiger partial charge in [0.2, 0.25) is 0 Å². The van der Waals surface area contributed by atoms with E-state index in [2.05, 4.69) is 20.8 Å². The van der Waals surface area contributed by atoms with Gasteiger partial charge in [0.05, 0.1) is 18.7 Å². The second-order valence-electron chi connectivity index (χ2n) is 6.30. The van der Waals surface area contributed by atoms with Crippen molar-refractivity contribution in [2.75, 3.05) is 12.4 Å². The molecule has 1 saturated carbocycles. The molecule has 0 spiro atoms. The Hall–Kier alpha value is -3.22. The quantitative estimate of drug-likeness (QED) is 0.689. The van der Waals surface area contributed by atoms with Crippen LogP contribution in [0, 0.1) is 0 Å². The van der Waals surface area contributed by atoms with E-state index in [1.165, 1.54) is 7.11 Å². The number of nitrogens with zero attached hydrogens (tertiary/aromatic N) is 4. The molecule has 7 nitrogen and oxygen atoms in total. The smallest absolute Gasteiger partial charge is 0.337 e. The van der Waals surface area contributed by atoms with Crippen LogP contribution in [0.4, 0.5) is 5.69 Å². The van der Waals surface area contributed by atoms with Crippen LogP contribution >= 0.6 is 0 Å². The number of tetrazole rings is 1. The van der Waals surface area contributed by atoms with Crippen LogP contribution in [0.1, 0.15) is 34.8 Å². The van der Waals surface area contributed by atoms with E-state index in [-0.39, 0.29) is 5.97 Å². The summed E-state index contributed by atoms with van der Waals surface area (Å²) in [6.45, 7) is 0.615. The Kier molecular flexibility index (Phi) is 4.35. The lowest BCUT2D eigenvalue weighted by Gasteiger charge is -2.09. The number of ether oxygens (including phenoxy) is 1. The number of esters is 1. The maximum atomic E-state index is 11.6. The monoisotopic (exact) mass is 349 g/mol. The molecule has 1 heterocycles. The first-order chi connectivity index (χ1) is 12.7. The maximum Gasteiger partial charge on any atom is 0.337 e. The molecule has 0 amide bonds. The topological polar surface area (TPSA) is 81.9 Å². The zero-order chi connectivity index (χ0) is 17.9. The first-order valence-corrected chi connectivity index (χ1v) is 8.54. The number of methoxy groups -OCH3 is 1. The molecule has 7 heteroatoms. The molecule has 4 rings (SSSR count). The average molecular weight is 349 g/mol. The van der Waals surface area contributed by atoms with Gasteiger partial charge in [-0.2, -0.15) is 0 Å². The molecule has 1 fully saturated rings. The van der Waals surface area contributed by atoms with E-state index in [0.717, 1.165) is 35.5 Å². The molecule has 132 valence electrons. The molecule has 0 saturated heterocycles. The van der Waals surface area contributed by atoms with E-state index in [1.807, 2.05) is 47.1 Å². The number of rotatable bonds is 6. The number of hydrogen-bond acceptors (Lipinski definition) is 6. The molecule has 0 unspecified atom stereocenters. The van der Waals surface area contributed by atoms with Gasteiger partial charge in [-0.3, -0.25) is 0 Å². The zero-order valence-corrected chi connectivity index (χ0v) is 14.4. The number of anilines is 1. The number of aromatic nitrogens is 4. The van der Waals surface area contributed by atoms with Crippen molar-refractivity contribution < 1.29 is 9.53 Å². The third-order valence-corrected chi connectivity index (χ3v) is 4.37. The van der Waals surface area contributed by atoms with E-state index in [4.69, 9.17) is 4.74 Å². The summed E-state index contributed by atoms with van der Waals surface area (Å²) in [6.07, 6.45) is 2.28. The predicted molar refractivity (Wildman–Crippen MR) is 96.6 cm³/mol. The minimum absolute atomic E-state index is 0.329. The van der Waals surface area contributed by atoms with Crippen molar-refractivity contribution in [2.45, 2.75) is 25.4 Å². The molecule has 1 aliphatic rings. The molecule has 26 heavy (non-hydrogen) atoms. The normalized spacial score (nSPS) is 13.4. The Morgan fingerprint density at radius 1 is 1.23 bits per heavy atom. The molecule has 1 N–H and O–H groups in total. The standard InChI is InChI=1S/C19H19N5O2/c1-26-19(25)15-4-2-3-13(11-15)12-20-16-7-5-14(6-8-16)18-21-22-23-24(18)17-9-10-17/h2-8,11,17,20H,9-10,12H2,1H3. The molecular weight excluding hydrogens is 330 g/mol. The summed E-state index contributed by atoms with van der Waals surface area (Å²) in [5.74, 6) is 0.481.